The molecular weight excluding hydrogens is 200 g/mol. The second-order valence-corrected chi connectivity index (χ2v) is 3.89. The first-order valence-electron chi connectivity index (χ1n) is 5.30. The van der Waals surface area contributed by atoms with Crippen molar-refractivity contribution in [3.8, 4) is 0 Å². The summed E-state index contributed by atoms with van der Waals surface area (Å²) < 4.78 is 0. The van der Waals surface area contributed by atoms with E-state index in [-0.39, 0.29) is 5.56 Å². The second kappa shape index (κ2) is 3.93. The van der Waals surface area contributed by atoms with Crippen LogP contribution in [0.2, 0.25) is 0 Å². The fraction of sp³-hybridized carbons (Fsp3) is 0.231. The number of aryl methyl sites for hydroxylation is 1. The molecule has 0 unspecified atom stereocenters. The molecule has 3 nitrogen and oxygen atoms in total. The maximum absolute atomic E-state index is 11.8. The number of allylic oxidation sites excluding steroid dienone is 1. The third-order valence-electron chi connectivity index (χ3n) is 2.62. The molecule has 0 bridgehead atoms. The van der Waals surface area contributed by atoms with Crippen LogP contribution in [0.1, 0.15) is 24.7 Å². The molecule has 1 N–H and O–H groups in total. The molecule has 0 atom stereocenters. The van der Waals surface area contributed by atoms with Gasteiger partial charge in [-0.1, -0.05) is 19.6 Å². The number of hydrogen-bond acceptors (Lipinski definition) is 2. The lowest BCUT2D eigenvalue weighted by atomic mass is 10.1. The molecule has 2 rings (SSSR count). The Kier molecular flexibility index (Phi) is 2.60. The van der Waals surface area contributed by atoms with Gasteiger partial charge in [0.1, 0.15) is 5.82 Å². The normalized spacial score (nSPS) is 10.6. The van der Waals surface area contributed by atoms with E-state index in [0.717, 1.165) is 23.1 Å². The molecule has 16 heavy (non-hydrogen) atoms. The molecule has 0 aliphatic carbocycles. The van der Waals surface area contributed by atoms with Gasteiger partial charge in [0.2, 0.25) is 0 Å². The summed E-state index contributed by atoms with van der Waals surface area (Å²) in [7, 11) is 0. The van der Waals surface area contributed by atoms with E-state index in [4.69, 9.17) is 0 Å². The van der Waals surface area contributed by atoms with Gasteiger partial charge in [-0.3, -0.25) is 4.79 Å². The number of fused-ring (bicyclic) bond motifs is 1. The first kappa shape index (κ1) is 10.6. The lowest BCUT2D eigenvalue weighted by Crippen LogP contribution is -2.11. The summed E-state index contributed by atoms with van der Waals surface area (Å²) in [5, 5.41) is 0.623. The molecule has 1 heterocycles. The van der Waals surface area contributed by atoms with Crippen LogP contribution in [0.4, 0.5) is 0 Å². The van der Waals surface area contributed by atoms with Crippen LogP contribution >= 0.6 is 0 Å². The predicted octanol–water partition coefficient (Wildman–Crippen LogP) is 2.65. The molecule has 0 aliphatic rings. The fourth-order valence-corrected chi connectivity index (χ4v) is 1.58. The highest BCUT2D eigenvalue weighted by Crippen LogP contribution is 2.14. The largest absolute Gasteiger partial charge is 0.306 e. The molecule has 0 radical (unpaired) electrons. The zero-order chi connectivity index (χ0) is 11.7. The van der Waals surface area contributed by atoms with Crippen molar-refractivity contribution in [1.29, 1.82) is 0 Å². The quantitative estimate of drug-likeness (QED) is 0.835. The summed E-state index contributed by atoms with van der Waals surface area (Å²) in [6, 6.07) is 5.62. The van der Waals surface area contributed by atoms with Crippen molar-refractivity contribution in [3.63, 3.8) is 0 Å². The van der Waals surface area contributed by atoms with Crippen molar-refractivity contribution < 1.29 is 0 Å². The minimum absolute atomic E-state index is 0.102. The molecular formula is C13H14N2O. The van der Waals surface area contributed by atoms with Gasteiger partial charge in [0, 0.05) is 0 Å². The van der Waals surface area contributed by atoms with Crippen LogP contribution in [0.5, 0.6) is 0 Å². The Morgan fingerprint density at radius 3 is 2.94 bits per heavy atom. The smallest absolute Gasteiger partial charge is 0.259 e. The highest BCUT2D eigenvalue weighted by atomic mass is 16.1. The highest BCUT2D eigenvalue weighted by molar-refractivity contribution is 5.79. The van der Waals surface area contributed by atoms with Gasteiger partial charge in [-0.25, -0.2) is 4.98 Å². The van der Waals surface area contributed by atoms with Gasteiger partial charge < -0.3 is 4.98 Å². The molecule has 0 fully saturated rings. The van der Waals surface area contributed by atoms with Gasteiger partial charge in [-0.15, -0.1) is 0 Å². The molecule has 0 amide bonds. The number of aromatic nitrogens is 2. The summed E-state index contributed by atoms with van der Waals surface area (Å²) in [6.45, 7) is 7.85. The fourth-order valence-electron chi connectivity index (χ4n) is 1.58. The molecule has 3 heteroatoms. The Hall–Kier alpha value is -1.90. The summed E-state index contributed by atoms with van der Waals surface area (Å²) >= 11 is 0. The molecule has 2 aromatic rings. The van der Waals surface area contributed by atoms with E-state index in [0.29, 0.717) is 11.2 Å². The van der Waals surface area contributed by atoms with E-state index in [2.05, 4.69) is 16.5 Å². The van der Waals surface area contributed by atoms with Crippen LogP contribution in [-0.2, 0) is 0 Å². The van der Waals surface area contributed by atoms with E-state index >= 15 is 0 Å². The van der Waals surface area contributed by atoms with E-state index in [1.54, 1.807) is 6.07 Å². The molecule has 0 saturated heterocycles. The third kappa shape index (κ3) is 1.76. The van der Waals surface area contributed by atoms with Crippen molar-refractivity contribution in [3.05, 3.63) is 46.5 Å². The van der Waals surface area contributed by atoms with Gasteiger partial charge in [-0.05, 0) is 36.6 Å². The molecule has 0 spiro atoms. The van der Waals surface area contributed by atoms with Crippen molar-refractivity contribution in [2.24, 2.45) is 0 Å². The van der Waals surface area contributed by atoms with Crippen LogP contribution in [-0.4, -0.2) is 9.97 Å². The van der Waals surface area contributed by atoms with E-state index in [1.165, 1.54) is 0 Å². The Balaban J connectivity index is 2.75. The Bertz CT molecular complexity index is 611. The minimum atomic E-state index is -0.102. The average molecular weight is 214 g/mol. The predicted molar refractivity (Wildman–Crippen MR) is 66.4 cm³/mol. The molecule has 82 valence electrons. The Labute approximate surface area is 93.8 Å². The van der Waals surface area contributed by atoms with Crippen LogP contribution in [0, 0.1) is 6.92 Å². The van der Waals surface area contributed by atoms with E-state index < -0.39 is 0 Å². The minimum Gasteiger partial charge on any atom is -0.306 e. The maximum atomic E-state index is 11.8. The van der Waals surface area contributed by atoms with E-state index in [9.17, 15) is 4.79 Å². The first-order valence-corrected chi connectivity index (χ1v) is 5.30. The highest BCUT2D eigenvalue weighted by Gasteiger charge is 2.05. The number of nitrogens with zero attached hydrogens (tertiary/aromatic N) is 1. The number of benzene rings is 1. The third-order valence-corrected chi connectivity index (χ3v) is 2.62. The topological polar surface area (TPSA) is 45.8 Å². The van der Waals surface area contributed by atoms with Gasteiger partial charge in [0.25, 0.3) is 5.56 Å². The van der Waals surface area contributed by atoms with E-state index in [1.807, 2.05) is 26.0 Å². The summed E-state index contributed by atoms with van der Waals surface area (Å²) in [6.07, 6.45) is 0.778. The summed E-state index contributed by atoms with van der Waals surface area (Å²) in [5.74, 6) is 0.589. The maximum Gasteiger partial charge on any atom is 0.259 e. The van der Waals surface area contributed by atoms with Gasteiger partial charge in [0.15, 0.2) is 0 Å². The standard InChI is InChI=1S/C13H14N2O/c1-4-9(3)12-14-11-7-8(2)5-6-10(11)13(16)15-12/h5-7H,3-4H2,1-2H3,(H,14,15,16). The SMILES string of the molecule is C=C(CC)c1nc2cc(C)ccc2c(=O)[nH]1. The Morgan fingerprint density at radius 1 is 1.50 bits per heavy atom. The average Bonchev–Trinajstić information content (AvgIpc) is 2.27. The monoisotopic (exact) mass is 214 g/mol. The lowest BCUT2D eigenvalue weighted by molar-refractivity contribution is 1.08. The van der Waals surface area contributed by atoms with Gasteiger partial charge >= 0.3 is 0 Å². The first-order chi connectivity index (χ1) is 7.61. The lowest BCUT2D eigenvalue weighted by Gasteiger charge is -2.04. The summed E-state index contributed by atoms with van der Waals surface area (Å²) in [5.41, 5.74) is 2.57. The number of rotatable bonds is 2. The second-order valence-electron chi connectivity index (χ2n) is 3.89. The van der Waals surface area contributed by atoms with Crippen molar-refractivity contribution in [1.82, 2.24) is 9.97 Å². The molecule has 0 saturated carbocycles. The van der Waals surface area contributed by atoms with Crippen molar-refractivity contribution >= 4 is 16.5 Å². The Morgan fingerprint density at radius 2 is 2.25 bits per heavy atom. The van der Waals surface area contributed by atoms with Gasteiger partial charge in [0.05, 0.1) is 10.9 Å². The van der Waals surface area contributed by atoms with Crippen molar-refractivity contribution in [2.45, 2.75) is 20.3 Å². The zero-order valence-corrected chi connectivity index (χ0v) is 9.50. The number of H-pyrrole nitrogens is 1. The number of aromatic amines is 1. The van der Waals surface area contributed by atoms with Crippen LogP contribution in [0.25, 0.3) is 16.5 Å². The molecule has 1 aromatic heterocycles. The number of nitrogens with one attached hydrogen (secondary N) is 1. The van der Waals surface area contributed by atoms with Gasteiger partial charge in [-0.2, -0.15) is 0 Å². The molecule has 1 aromatic carbocycles. The van der Waals surface area contributed by atoms with Crippen molar-refractivity contribution in [2.75, 3.05) is 0 Å². The molecule has 0 aliphatic heterocycles. The zero-order valence-electron chi connectivity index (χ0n) is 9.50. The van der Waals surface area contributed by atoms with Crippen LogP contribution in [0.15, 0.2) is 29.6 Å². The number of hydrogen-bond donors (Lipinski definition) is 1. The van der Waals surface area contributed by atoms with Crippen LogP contribution < -0.4 is 5.56 Å². The summed E-state index contributed by atoms with van der Waals surface area (Å²) in [4.78, 5) is 19.0. The van der Waals surface area contributed by atoms with Crippen LogP contribution in [0.3, 0.4) is 0 Å².